The van der Waals surface area contributed by atoms with Crippen molar-refractivity contribution < 1.29 is 21.1 Å². The van der Waals surface area contributed by atoms with E-state index < -0.39 is 0 Å². The zero-order valence-corrected chi connectivity index (χ0v) is 13.6. The van der Waals surface area contributed by atoms with E-state index >= 15 is 0 Å². The van der Waals surface area contributed by atoms with Gasteiger partial charge in [0.25, 0.3) is 0 Å². The molecule has 0 unspecified atom stereocenters. The summed E-state index contributed by atoms with van der Waals surface area (Å²) in [4.78, 5) is 0. The Balaban J connectivity index is 0.000000791. The molecule has 0 N–H and O–H groups in total. The minimum absolute atomic E-state index is 0.577. The number of aryl methyl sites for hydroxylation is 1. The fraction of sp³-hybridized carbons (Fsp3) is 0.455. The van der Waals surface area contributed by atoms with Gasteiger partial charge in [0.2, 0.25) is 0 Å². The van der Waals surface area contributed by atoms with E-state index in [1.165, 1.54) is 16.3 Å². The van der Waals surface area contributed by atoms with E-state index in [-0.39, 0.29) is 0 Å². The number of benzene rings is 1. The molecule has 14 heavy (non-hydrogen) atoms. The molecule has 0 heterocycles. The third-order valence-corrected chi connectivity index (χ3v) is 1.59. The van der Waals surface area contributed by atoms with Crippen molar-refractivity contribution >= 4 is 13.6 Å². The van der Waals surface area contributed by atoms with Gasteiger partial charge in [0.15, 0.2) is 0 Å². The van der Waals surface area contributed by atoms with Gasteiger partial charge in [0.05, 0.1) is 6.61 Å². The first-order valence-electron chi connectivity index (χ1n) is 4.56. The van der Waals surface area contributed by atoms with Gasteiger partial charge >= 0.3 is 30.0 Å². The SMILES string of the molecule is Cc1c[c-]ccc1OCC(C)C.[Zn+][Br]. The molecule has 0 aliphatic carbocycles. The Morgan fingerprint density at radius 2 is 2.14 bits per heavy atom. The predicted molar refractivity (Wildman–Crippen MR) is 59.3 cm³/mol. The summed E-state index contributed by atoms with van der Waals surface area (Å²) in [6.07, 6.45) is 0. The van der Waals surface area contributed by atoms with Crippen LogP contribution in [0.4, 0.5) is 0 Å². The molecule has 1 aromatic rings. The molecule has 0 radical (unpaired) electrons. The first-order valence-corrected chi connectivity index (χ1v) is 11.5. The van der Waals surface area contributed by atoms with E-state index in [0.29, 0.717) is 5.92 Å². The molecule has 0 aliphatic heterocycles. The van der Waals surface area contributed by atoms with Crippen LogP contribution in [0.2, 0.25) is 0 Å². The summed E-state index contributed by atoms with van der Waals surface area (Å²) in [5, 5.41) is 0. The van der Waals surface area contributed by atoms with Crippen molar-refractivity contribution in [3.63, 3.8) is 0 Å². The number of rotatable bonds is 3. The maximum atomic E-state index is 5.58. The Bertz CT molecular complexity index is 251. The summed E-state index contributed by atoms with van der Waals surface area (Å²) in [5.74, 6) is 1.55. The van der Waals surface area contributed by atoms with E-state index in [9.17, 15) is 0 Å². The molecule has 0 saturated heterocycles. The third kappa shape index (κ3) is 5.77. The molecule has 0 bridgehead atoms. The first kappa shape index (κ1) is 14.1. The molecule has 0 aliphatic rings. The zero-order valence-electron chi connectivity index (χ0n) is 9.01. The van der Waals surface area contributed by atoms with E-state index in [0.717, 1.165) is 17.9 Å². The molecule has 0 amide bonds. The van der Waals surface area contributed by atoms with Crippen LogP contribution in [0.15, 0.2) is 18.2 Å². The summed E-state index contributed by atoms with van der Waals surface area (Å²) in [7, 11) is 0. The van der Waals surface area contributed by atoms with Crippen LogP contribution in [0.25, 0.3) is 0 Å². The summed E-state index contributed by atoms with van der Waals surface area (Å²) < 4.78 is 5.58. The van der Waals surface area contributed by atoms with Crippen LogP contribution in [0.1, 0.15) is 19.4 Å². The van der Waals surface area contributed by atoms with Crippen molar-refractivity contribution in [3.05, 3.63) is 29.8 Å². The van der Waals surface area contributed by atoms with Crippen LogP contribution >= 0.6 is 13.6 Å². The van der Waals surface area contributed by atoms with E-state index in [2.05, 4.69) is 33.5 Å². The fourth-order valence-electron chi connectivity index (χ4n) is 0.918. The van der Waals surface area contributed by atoms with E-state index in [1.807, 2.05) is 25.1 Å². The van der Waals surface area contributed by atoms with E-state index in [4.69, 9.17) is 4.74 Å². The Morgan fingerprint density at radius 3 is 2.64 bits per heavy atom. The van der Waals surface area contributed by atoms with Crippen molar-refractivity contribution in [2.45, 2.75) is 20.8 Å². The van der Waals surface area contributed by atoms with Crippen LogP contribution in [0.3, 0.4) is 0 Å². The third-order valence-electron chi connectivity index (χ3n) is 1.59. The number of halogens is 1. The molecule has 0 saturated carbocycles. The van der Waals surface area contributed by atoms with Crippen LogP contribution in [0.5, 0.6) is 5.75 Å². The van der Waals surface area contributed by atoms with Gasteiger partial charge in [0, 0.05) is 5.75 Å². The quantitative estimate of drug-likeness (QED) is 0.611. The predicted octanol–water partition coefficient (Wildman–Crippen LogP) is 3.67. The van der Waals surface area contributed by atoms with Gasteiger partial charge in [-0.3, -0.25) is 0 Å². The molecule has 1 rings (SSSR count). The minimum atomic E-state index is 0.577. The van der Waals surface area contributed by atoms with Crippen LogP contribution in [-0.2, 0) is 16.3 Å². The number of ether oxygens (including phenoxy) is 1. The average Bonchev–Trinajstić information content (AvgIpc) is 2.19. The zero-order chi connectivity index (χ0) is 11.0. The van der Waals surface area contributed by atoms with E-state index in [1.54, 1.807) is 0 Å². The number of hydrogen-bond acceptors (Lipinski definition) is 1. The van der Waals surface area contributed by atoms with Crippen LogP contribution < -0.4 is 4.74 Å². The second-order valence-corrected chi connectivity index (χ2v) is 3.40. The Hall–Kier alpha value is 0.123. The Labute approximate surface area is 103 Å². The maximum absolute atomic E-state index is 5.58. The Kier molecular flexibility index (Phi) is 8.51. The molecule has 0 atom stereocenters. The van der Waals surface area contributed by atoms with Crippen molar-refractivity contribution in [1.29, 1.82) is 0 Å². The molecule has 0 fully saturated rings. The summed E-state index contributed by atoms with van der Waals surface area (Å²) >= 11 is 4.25. The van der Waals surface area contributed by atoms with Gasteiger partial charge in [-0.2, -0.15) is 18.2 Å². The van der Waals surface area contributed by atoms with Crippen molar-refractivity contribution in [1.82, 2.24) is 0 Å². The second kappa shape index (κ2) is 8.43. The summed E-state index contributed by atoms with van der Waals surface area (Å²) in [6.45, 7) is 7.10. The van der Waals surface area contributed by atoms with Gasteiger partial charge < -0.3 is 4.74 Å². The first-order chi connectivity index (χ1) is 6.70. The molecule has 1 aromatic carbocycles. The molecular weight excluding hydrogens is 293 g/mol. The normalized spacial score (nSPS) is 9.36. The fourth-order valence-corrected chi connectivity index (χ4v) is 0.918. The number of hydrogen-bond donors (Lipinski definition) is 0. The van der Waals surface area contributed by atoms with Gasteiger partial charge in [0.1, 0.15) is 0 Å². The molecule has 0 aromatic heterocycles. The van der Waals surface area contributed by atoms with Crippen molar-refractivity contribution in [3.8, 4) is 5.75 Å². The van der Waals surface area contributed by atoms with Gasteiger partial charge in [-0.25, -0.2) is 0 Å². The van der Waals surface area contributed by atoms with Crippen LogP contribution in [-0.4, -0.2) is 6.61 Å². The second-order valence-electron chi connectivity index (χ2n) is 3.40. The Morgan fingerprint density at radius 1 is 1.50 bits per heavy atom. The summed E-state index contributed by atoms with van der Waals surface area (Å²) in [5.41, 5.74) is 1.15. The molecule has 1 nitrogen and oxygen atoms in total. The molecule has 3 heteroatoms. The molecule has 74 valence electrons. The van der Waals surface area contributed by atoms with Gasteiger partial charge in [-0.15, -0.1) is 11.6 Å². The molecule has 0 spiro atoms. The van der Waals surface area contributed by atoms with Gasteiger partial charge in [-0.1, -0.05) is 20.8 Å². The monoisotopic (exact) mass is 306 g/mol. The van der Waals surface area contributed by atoms with Gasteiger partial charge in [-0.05, 0) is 5.92 Å². The van der Waals surface area contributed by atoms with Crippen LogP contribution in [0, 0.1) is 18.9 Å². The standard InChI is InChI=1S/C11H15O.BrH.Zn/c1-9(2)8-12-11-7-5-4-6-10(11)3;;/h5-7,9H,8H2,1-3H3;1H;/q-1;;+2/p-1. The van der Waals surface area contributed by atoms with Crippen molar-refractivity contribution in [2.75, 3.05) is 6.61 Å². The summed E-state index contributed by atoms with van der Waals surface area (Å²) in [6, 6.07) is 8.78. The topological polar surface area (TPSA) is 9.23 Å². The molecular formula is C11H15BrOZn. The van der Waals surface area contributed by atoms with Crippen molar-refractivity contribution in [2.24, 2.45) is 5.92 Å². The average molecular weight is 309 g/mol.